The molecule has 2 aromatic rings. The fraction of sp³-hybridized carbons (Fsp3) is 0.381. The Balaban J connectivity index is 0.00000182. The molecule has 0 aromatic heterocycles. The summed E-state index contributed by atoms with van der Waals surface area (Å²) in [6, 6.07) is 16.8. The van der Waals surface area contributed by atoms with Crippen molar-refractivity contribution in [2.75, 3.05) is 18.0 Å². The molecule has 0 bridgehead atoms. The molecule has 132 valence electrons. The van der Waals surface area contributed by atoms with Crippen LogP contribution in [0.2, 0.25) is 0 Å². The Labute approximate surface area is 160 Å². The summed E-state index contributed by atoms with van der Waals surface area (Å²) < 4.78 is 2.24. The number of benzene rings is 2. The molecule has 4 rings (SSSR count). The van der Waals surface area contributed by atoms with Gasteiger partial charge in [-0.15, -0.1) is 0 Å². The van der Waals surface area contributed by atoms with E-state index in [-0.39, 0.29) is 17.0 Å². The zero-order valence-electron chi connectivity index (χ0n) is 14.9. The van der Waals surface area contributed by atoms with Crippen LogP contribution in [-0.2, 0) is 5.72 Å². The summed E-state index contributed by atoms with van der Waals surface area (Å²) in [5.41, 5.74) is 3.66. The van der Waals surface area contributed by atoms with E-state index in [4.69, 9.17) is 0 Å². The number of β-amino-alcohol motifs (C(OH)–C–C–N with tert-alkyl or cyclic N) is 1. The van der Waals surface area contributed by atoms with Gasteiger partial charge in [0.1, 0.15) is 5.69 Å². The summed E-state index contributed by atoms with van der Waals surface area (Å²) in [7, 11) is 0. The lowest BCUT2D eigenvalue weighted by Crippen LogP contribution is -3.00. The third-order valence-corrected chi connectivity index (χ3v) is 5.36. The van der Waals surface area contributed by atoms with Gasteiger partial charge < -0.3 is 22.1 Å². The highest BCUT2D eigenvalue weighted by Gasteiger charge is 2.52. The van der Waals surface area contributed by atoms with Gasteiger partial charge in [-0.2, -0.15) is 0 Å². The normalized spacial score (nSPS) is 22.6. The molecular weight excluding hydrogens is 376 g/mol. The predicted molar refractivity (Wildman–Crippen MR) is 97.6 cm³/mol. The zero-order valence-corrected chi connectivity index (χ0v) is 16.5. The fourth-order valence-corrected chi connectivity index (χ4v) is 4.23. The van der Waals surface area contributed by atoms with Crippen molar-refractivity contribution >= 4 is 11.5 Å². The van der Waals surface area contributed by atoms with Crippen LogP contribution in [-0.4, -0.2) is 28.6 Å². The highest BCUT2D eigenvalue weighted by Crippen LogP contribution is 2.37. The third-order valence-electron chi connectivity index (χ3n) is 5.36. The number of para-hydroxylation sites is 1. The zero-order chi connectivity index (χ0) is 16.7. The van der Waals surface area contributed by atoms with E-state index >= 15 is 0 Å². The maximum Gasteiger partial charge on any atom is 0.271 e. The number of halogens is 1. The van der Waals surface area contributed by atoms with E-state index in [2.05, 4.69) is 65.8 Å². The van der Waals surface area contributed by atoms with Crippen LogP contribution in [0.1, 0.15) is 36.0 Å². The quantitative estimate of drug-likeness (QED) is 0.745. The van der Waals surface area contributed by atoms with Crippen LogP contribution in [0.3, 0.4) is 0 Å². The summed E-state index contributed by atoms with van der Waals surface area (Å²) in [5, 5.41) is 11.7. The molecule has 3 nitrogen and oxygen atoms in total. The van der Waals surface area contributed by atoms with Crippen LogP contribution in [0.15, 0.2) is 48.5 Å². The molecule has 0 fully saturated rings. The molecular formula is C21H25BrN2O. The lowest BCUT2D eigenvalue weighted by molar-refractivity contribution is -0.661. The topological polar surface area (TPSA) is 26.5 Å². The van der Waals surface area contributed by atoms with Crippen LogP contribution in [0, 0.1) is 13.8 Å². The number of rotatable bonds is 2. The van der Waals surface area contributed by atoms with Crippen molar-refractivity contribution in [3.05, 3.63) is 65.2 Å². The Morgan fingerprint density at radius 3 is 2.52 bits per heavy atom. The Bertz CT molecular complexity index is 803. The van der Waals surface area contributed by atoms with Gasteiger partial charge >= 0.3 is 0 Å². The molecule has 0 spiro atoms. The summed E-state index contributed by atoms with van der Waals surface area (Å²) in [6.45, 7) is 5.72. The average Bonchev–Trinajstić information content (AvgIpc) is 2.90. The van der Waals surface area contributed by atoms with E-state index in [1.165, 1.54) is 23.5 Å². The minimum absolute atomic E-state index is 0. The monoisotopic (exact) mass is 400 g/mol. The predicted octanol–water partition coefficient (Wildman–Crippen LogP) is 0.568. The Kier molecular flexibility index (Phi) is 5.03. The van der Waals surface area contributed by atoms with Crippen LogP contribution in [0.5, 0.6) is 0 Å². The SMILES string of the molecule is Cc1ccc(C2(O)CN(c3ccccc3)C3=[N+]2CCCC3)c(C)c1.[Br-]. The minimum Gasteiger partial charge on any atom is -1.00 e. The summed E-state index contributed by atoms with van der Waals surface area (Å²) in [4.78, 5) is 2.30. The molecule has 2 aliphatic heterocycles. The Hall–Kier alpha value is -1.65. The molecule has 2 aromatic carbocycles. The molecule has 2 aliphatic rings. The van der Waals surface area contributed by atoms with E-state index in [1.807, 2.05) is 6.07 Å². The second-order valence-electron chi connectivity index (χ2n) is 7.08. The van der Waals surface area contributed by atoms with Crippen LogP contribution >= 0.6 is 0 Å². The lowest BCUT2D eigenvalue weighted by atomic mass is 9.95. The largest absolute Gasteiger partial charge is 1.00 e. The van der Waals surface area contributed by atoms with Crippen LogP contribution in [0.25, 0.3) is 0 Å². The first-order valence-electron chi connectivity index (χ1n) is 8.86. The maximum absolute atomic E-state index is 11.7. The molecule has 1 atom stereocenters. The van der Waals surface area contributed by atoms with Gasteiger partial charge in [-0.05, 0) is 44.4 Å². The van der Waals surface area contributed by atoms with E-state index in [0.717, 1.165) is 30.5 Å². The molecule has 1 N–H and O–H groups in total. The van der Waals surface area contributed by atoms with Crippen molar-refractivity contribution < 1.29 is 26.7 Å². The van der Waals surface area contributed by atoms with Crippen molar-refractivity contribution in [1.82, 2.24) is 0 Å². The molecule has 2 heterocycles. The highest BCUT2D eigenvalue weighted by molar-refractivity contribution is 5.96. The van der Waals surface area contributed by atoms with Gasteiger partial charge in [0.15, 0.2) is 6.54 Å². The fourth-order valence-electron chi connectivity index (χ4n) is 4.23. The molecule has 1 unspecified atom stereocenters. The van der Waals surface area contributed by atoms with E-state index < -0.39 is 5.72 Å². The first-order chi connectivity index (χ1) is 11.6. The van der Waals surface area contributed by atoms with E-state index in [0.29, 0.717) is 6.54 Å². The van der Waals surface area contributed by atoms with E-state index in [9.17, 15) is 5.11 Å². The third kappa shape index (κ3) is 3.02. The van der Waals surface area contributed by atoms with Crippen molar-refractivity contribution in [2.24, 2.45) is 0 Å². The summed E-state index contributed by atoms with van der Waals surface area (Å²) >= 11 is 0. The van der Waals surface area contributed by atoms with Crippen LogP contribution in [0.4, 0.5) is 5.69 Å². The number of hydrogen-bond donors (Lipinski definition) is 1. The molecule has 4 heteroatoms. The van der Waals surface area contributed by atoms with Gasteiger partial charge in [0, 0.05) is 12.0 Å². The van der Waals surface area contributed by atoms with Gasteiger partial charge in [0.05, 0.1) is 6.54 Å². The van der Waals surface area contributed by atoms with Gasteiger partial charge in [-0.1, -0.05) is 42.0 Å². The second-order valence-corrected chi connectivity index (χ2v) is 7.08. The number of aliphatic hydroxyl groups is 1. The molecule has 0 saturated heterocycles. The van der Waals surface area contributed by atoms with Crippen molar-refractivity contribution in [1.29, 1.82) is 0 Å². The van der Waals surface area contributed by atoms with Crippen molar-refractivity contribution in [3.8, 4) is 0 Å². The number of anilines is 1. The molecule has 0 aliphatic carbocycles. The Morgan fingerprint density at radius 1 is 1.04 bits per heavy atom. The van der Waals surface area contributed by atoms with Crippen molar-refractivity contribution in [3.63, 3.8) is 0 Å². The first-order valence-corrected chi connectivity index (χ1v) is 8.86. The standard InChI is InChI=1S/C21H25N2O.BrH/c1-16-11-12-19(17(2)14-16)21(24)15-22(18-8-4-3-5-9-18)20-10-6-7-13-23(20)21;/h3-5,8-9,11-12,14,24H,6-7,10,13,15H2,1-2H3;1H/q+1;/p-1. The van der Waals surface area contributed by atoms with Gasteiger partial charge in [0.2, 0.25) is 0 Å². The molecule has 0 radical (unpaired) electrons. The lowest BCUT2D eigenvalue weighted by Gasteiger charge is -2.26. The highest BCUT2D eigenvalue weighted by atomic mass is 79.9. The molecule has 25 heavy (non-hydrogen) atoms. The number of amidine groups is 1. The Morgan fingerprint density at radius 2 is 1.80 bits per heavy atom. The summed E-state index contributed by atoms with van der Waals surface area (Å²) in [6.07, 6.45) is 3.36. The second kappa shape index (κ2) is 6.93. The number of hydrogen-bond acceptors (Lipinski definition) is 2. The number of aryl methyl sites for hydroxylation is 2. The van der Waals surface area contributed by atoms with Gasteiger partial charge in [-0.25, -0.2) is 9.48 Å². The summed E-state index contributed by atoms with van der Waals surface area (Å²) in [5.74, 6) is 1.26. The molecule has 0 saturated carbocycles. The maximum atomic E-state index is 11.7. The van der Waals surface area contributed by atoms with E-state index in [1.54, 1.807) is 0 Å². The molecule has 0 amide bonds. The van der Waals surface area contributed by atoms with Crippen molar-refractivity contribution in [2.45, 2.75) is 38.8 Å². The smallest absolute Gasteiger partial charge is 0.271 e. The number of nitrogens with zero attached hydrogens (tertiary/aromatic N) is 2. The van der Waals surface area contributed by atoms with Gasteiger partial charge in [-0.3, -0.25) is 0 Å². The minimum atomic E-state index is -0.941. The van der Waals surface area contributed by atoms with Gasteiger partial charge in [0.25, 0.3) is 11.6 Å². The van der Waals surface area contributed by atoms with Crippen LogP contribution < -0.4 is 21.9 Å². The first kappa shape index (κ1) is 18.2. The average molecular weight is 401 g/mol.